The van der Waals surface area contributed by atoms with Crippen LogP contribution in [0.1, 0.15) is 32.5 Å². The van der Waals surface area contributed by atoms with Gasteiger partial charge in [0.15, 0.2) is 6.29 Å². The summed E-state index contributed by atoms with van der Waals surface area (Å²) in [5.74, 6) is -0.667. The number of alkyl halides is 3. The molecule has 1 amide bonds. The third-order valence-electron chi connectivity index (χ3n) is 3.82. The highest BCUT2D eigenvalue weighted by Crippen LogP contribution is 2.32. The average Bonchev–Trinajstić information content (AvgIpc) is 3.05. The van der Waals surface area contributed by atoms with Gasteiger partial charge in [-0.3, -0.25) is 9.59 Å². The van der Waals surface area contributed by atoms with Gasteiger partial charge in [-0.2, -0.15) is 13.2 Å². The lowest BCUT2D eigenvalue weighted by Gasteiger charge is -2.19. The van der Waals surface area contributed by atoms with Crippen molar-refractivity contribution in [3.05, 3.63) is 71.4 Å². The summed E-state index contributed by atoms with van der Waals surface area (Å²) in [5.41, 5.74) is 6.84. The molecule has 0 aliphatic carbocycles. The van der Waals surface area contributed by atoms with E-state index in [1.54, 1.807) is 0 Å². The normalized spacial score (nSPS) is 12.1. The Bertz CT molecular complexity index is 885. The number of benzene rings is 2. The highest BCUT2D eigenvalue weighted by molar-refractivity contribution is 5.92. The Morgan fingerprint density at radius 2 is 1.78 bits per heavy atom. The van der Waals surface area contributed by atoms with Crippen LogP contribution in [0, 0.1) is 0 Å². The smallest absolute Gasteiger partial charge is 0.366 e. The number of H-pyrrole nitrogens is 1. The Morgan fingerprint density at radius 3 is 2.26 bits per heavy atom. The van der Waals surface area contributed by atoms with Gasteiger partial charge in [0, 0.05) is 16.5 Å². The second kappa shape index (κ2) is 8.50. The van der Waals surface area contributed by atoms with E-state index in [1.165, 1.54) is 31.3 Å². The Labute approximate surface area is 153 Å². The molecule has 1 aromatic heterocycles. The molecule has 3 aromatic rings. The number of nitrogens with two attached hydrogens (primary N) is 1. The molecule has 142 valence electrons. The molecule has 0 radical (unpaired) electrons. The first kappa shape index (κ1) is 20.2. The van der Waals surface area contributed by atoms with Gasteiger partial charge < -0.3 is 16.0 Å². The number of aromatic nitrogens is 1. The Kier molecular flexibility index (Phi) is 6.36. The van der Waals surface area contributed by atoms with Crippen LogP contribution in [0.4, 0.5) is 13.2 Å². The van der Waals surface area contributed by atoms with Crippen molar-refractivity contribution in [3.8, 4) is 0 Å². The summed E-state index contributed by atoms with van der Waals surface area (Å²) < 4.78 is 37.5. The zero-order valence-electron chi connectivity index (χ0n) is 14.4. The lowest BCUT2D eigenvalue weighted by molar-refractivity contribution is -0.156. The first-order valence-corrected chi connectivity index (χ1v) is 7.93. The summed E-state index contributed by atoms with van der Waals surface area (Å²) in [6.45, 7) is 0. The van der Waals surface area contributed by atoms with E-state index in [2.05, 4.69) is 10.3 Å². The molecule has 0 aliphatic rings. The lowest BCUT2D eigenvalue weighted by atomic mass is 10.0. The predicted octanol–water partition coefficient (Wildman–Crippen LogP) is 3.59. The number of carbonyl (C=O) groups excluding carboxylic acids is 2. The molecule has 0 aliphatic heterocycles. The van der Waals surface area contributed by atoms with Crippen molar-refractivity contribution in [3.63, 3.8) is 0 Å². The van der Waals surface area contributed by atoms with Crippen molar-refractivity contribution in [2.24, 2.45) is 5.73 Å². The van der Waals surface area contributed by atoms with E-state index in [0.29, 0.717) is 5.69 Å². The standard InChI is InChI=1S/C10H11F3N2O.C9H7NO/c1-15-8(10(11,12)13)6-2-4-7(5-3-6)9(14)16;11-6-8-5-7-3-1-2-4-9(7)10-8/h2-5,8,15H,1H3,(H2,14,16);1-6,10H. The summed E-state index contributed by atoms with van der Waals surface area (Å²) in [7, 11) is 1.22. The number of hydrogen-bond donors (Lipinski definition) is 3. The van der Waals surface area contributed by atoms with Gasteiger partial charge in [0.05, 0.1) is 5.69 Å². The van der Waals surface area contributed by atoms with Crippen molar-refractivity contribution in [2.45, 2.75) is 12.2 Å². The van der Waals surface area contributed by atoms with E-state index in [4.69, 9.17) is 5.73 Å². The summed E-state index contributed by atoms with van der Waals surface area (Å²) in [4.78, 5) is 24.1. The maximum absolute atomic E-state index is 12.5. The van der Waals surface area contributed by atoms with E-state index in [0.717, 1.165) is 17.2 Å². The van der Waals surface area contributed by atoms with Gasteiger partial charge in [-0.25, -0.2) is 0 Å². The highest BCUT2D eigenvalue weighted by Gasteiger charge is 2.39. The van der Waals surface area contributed by atoms with Crippen molar-refractivity contribution >= 4 is 23.1 Å². The SMILES string of the molecule is CNC(c1ccc(C(N)=O)cc1)C(F)(F)F.O=Cc1cc2ccccc2[nH]1. The van der Waals surface area contributed by atoms with Crippen molar-refractivity contribution in [2.75, 3.05) is 7.05 Å². The molecular weight excluding hydrogens is 359 g/mol. The summed E-state index contributed by atoms with van der Waals surface area (Å²) in [5, 5.41) is 3.24. The summed E-state index contributed by atoms with van der Waals surface area (Å²) in [6.07, 6.45) is -3.55. The first-order chi connectivity index (χ1) is 12.8. The van der Waals surface area contributed by atoms with Gasteiger partial charge in [0.2, 0.25) is 5.91 Å². The number of primary amides is 1. The van der Waals surface area contributed by atoms with Gasteiger partial charge in [-0.05, 0) is 36.9 Å². The fourth-order valence-corrected chi connectivity index (χ4v) is 2.52. The maximum Gasteiger partial charge on any atom is 0.407 e. The van der Waals surface area contributed by atoms with Gasteiger partial charge in [-0.15, -0.1) is 0 Å². The van der Waals surface area contributed by atoms with Crippen LogP contribution in [0.3, 0.4) is 0 Å². The van der Waals surface area contributed by atoms with E-state index in [1.807, 2.05) is 30.3 Å². The zero-order chi connectivity index (χ0) is 20.0. The van der Waals surface area contributed by atoms with Gasteiger partial charge >= 0.3 is 6.18 Å². The molecule has 0 saturated carbocycles. The summed E-state index contributed by atoms with van der Waals surface area (Å²) >= 11 is 0. The number of amides is 1. The molecule has 27 heavy (non-hydrogen) atoms. The van der Waals surface area contributed by atoms with Crippen LogP contribution in [-0.4, -0.2) is 30.4 Å². The Morgan fingerprint density at radius 1 is 1.15 bits per heavy atom. The average molecular weight is 377 g/mol. The molecule has 4 N–H and O–H groups in total. The van der Waals surface area contributed by atoms with Gasteiger partial charge in [0.25, 0.3) is 0 Å². The quantitative estimate of drug-likeness (QED) is 0.607. The summed E-state index contributed by atoms with van der Waals surface area (Å²) in [6, 6.07) is 12.9. The molecule has 0 fully saturated rings. The van der Waals surface area contributed by atoms with Crippen LogP contribution in [0.15, 0.2) is 54.6 Å². The third kappa shape index (κ3) is 5.18. The number of para-hydroxylation sites is 1. The topological polar surface area (TPSA) is 88.0 Å². The number of aldehydes is 1. The molecule has 5 nitrogen and oxygen atoms in total. The lowest BCUT2D eigenvalue weighted by Crippen LogP contribution is -2.31. The predicted molar refractivity (Wildman–Crippen MR) is 96.5 cm³/mol. The second-order valence-electron chi connectivity index (χ2n) is 5.68. The molecular formula is C19H18F3N3O2. The van der Waals surface area contributed by atoms with Crippen LogP contribution in [0.25, 0.3) is 10.9 Å². The van der Waals surface area contributed by atoms with Gasteiger partial charge in [-0.1, -0.05) is 30.3 Å². The monoisotopic (exact) mass is 377 g/mol. The molecule has 1 atom stereocenters. The van der Waals surface area contributed by atoms with Gasteiger partial charge in [0.1, 0.15) is 6.04 Å². The molecule has 0 saturated heterocycles. The van der Waals surface area contributed by atoms with Crippen molar-refractivity contribution in [1.82, 2.24) is 10.3 Å². The molecule has 2 aromatic carbocycles. The Balaban J connectivity index is 0.000000206. The molecule has 8 heteroatoms. The number of nitrogens with one attached hydrogen (secondary N) is 2. The number of rotatable bonds is 4. The largest absolute Gasteiger partial charge is 0.407 e. The van der Waals surface area contributed by atoms with E-state index >= 15 is 0 Å². The highest BCUT2D eigenvalue weighted by atomic mass is 19.4. The molecule has 0 spiro atoms. The number of halogens is 3. The molecule has 1 heterocycles. The van der Waals surface area contributed by atoms with Crippen LogP contribution < -0.4 is 11.1 Å². The minimum Gasteiger partial charge on any atom is -0.366 e. The number of carbonyl (C=O) groups is 2. The molecule has 1 unspecified atom stereocenters. The van der Waals surface area contributed by atoms with Crippen LogP contribution in [0.2, 0.25) is 0 Å². The number of hydrogen-bond acceptors (Lipinski definition) is 3. The van der Waals surface area contributed by atoms with Crippen molar-refractivity contribution in [1.29, 1.82) is 0 Å². The fourth-order valence-electron chi connectivity index (χ4n) is 2.52. The zero-order valence-corrected chi connectivity index (χ0v) is 14.4. The number of fused-ring (bicyclic) bond motifs is 1. The number of aromatic amines is 1. The first-order valence-electron chi connectivity index (χ1n) is 7.93. The van der Waals surface area contributed by atoms with E-state index in [9.17, 15) is 22.8 Å². The third-order valence-corrected chi connectivity index (χ3v) is 3.82. The Hall–Kier alpha value is -3.13. The van der Waals surface area contributed by atoms with Crippen LogP contribution in [0.5, 0.6) is 0 Å². The van der Waals surface area contributed by atoms with E-state index < -0.39 is 18.1 Å². The fraction of sp³-hybridized carbons (Fsp3) is 0.158. The minimum atomic E-state index is -4.37. The molecule has 3 rings (SSSR count). The van der Waals surface area contributed by atoms with Crippen LogP contribution >= 0.6 is 0 Å². The maximum atomic E-state index is 12.5. The molecule has 0 bridgehead atoms. The van der Waals surface area contributed by atoms with E-state index in [-0.39, 0.29) is 11.1 Å². The minimum absolute atomic E-state index is 0.0417. The van der Waals surface area contributed by atoms with Crippen molar-refractivity contribution < 1.29 is 22.8 Å². The van der Waals surface area contributed by atoms with Crippen LogP contribution in [-0.2, 0) is 0 Å². The second-order valence-corrected chi connectivity index (χ2v) is 5.68.